The molecule has 0 aromatic heterocycles. The van der Waals surface area contributed by atoms with Crippen LogP contribution in [0.2, 0.25) is 10.0 Å². The Balaban J connectivity index is 2.48. The van der Waals surface area contributed by atoms with Gasteiger partial charge in [0.05, 0.1) is 21.3 Å². The minimum absolute atomic E-state index is 0.261. The first-order chi connectivity index (χ1) is 11.2. The average molecular weight is 375 g/mol. The van der Waals surface area contributed by atoms with E-state index in [0.717, 1.165) is 12.1 Å². The molecule has 24 heavy (non-hydrogen) atoms. The highest BCUT2D eigenvalue weighted by Crippen LogP contribution is 2.30. The van der Waals surface area contributed by atoms with Crippen molar-refractivity contribution < 1.29 is 13.2 Å². The third-order valence-corrected chi connectivity index (χ3v) is 3.71. The van der Waals surface area contributed by atoms with Crippen molar-refractivity contribution in [3.8, 4) is 0 Å². The number of alkyl halides is 3. The van der Waals surface area contributed by atoms with Crippen LogP contribution in [-0.2, 0) is 6.18 Å². The first kappa shape index (κ1) is 18.1. The Morgan fingerprint density at radius 2 is 1.58 bits per heavy atom. The lowest BCUT2D eigenvalue weighted by molar-refractivity contribution is -0.137. The summed E-state index contributed by atoms with van der Waals surface area (Å²) in [5.74, 6) is -0.417. The van der Waals surface area contributed by atoms with Crippen LogP contribution >= 0.6 is 23.2 Å². The van der Waals surface area contributed by atoms with E-state index < -0.39 is 17.7 Å². The Labute approximate surface area is 145 Å². The number of rotatable bonds is 3. The highest BCUT2D eigenvalue weighted by atomic mass is 35.5. The average Bonchev–Trinajstić information content (AvgIpc) is 2.50. The van der Waals surface area contributed by atoms with Crippen LogP contribution in [0.1, 0.15) is 16.7 Å². The zero-order valence-electron chi connectivity index (χ0n) is 12.0. The minimum Gasteiger partial charge on any atom is -0.369 e. The Morgan fingerprint density at radius 1 is 1.00 bits per heavy atom. The Kier molecular flexibility index (Phi) is 5.36. The lowest BCUT2D eigenvalue weighted by Gasteiger charge is -2.11. The number of hydrazone groups is 1. The molecule has 0 aliphatic heterocycles. The van der Waals surface area contributed by atoms with Gasteiger partial charge in [0.15, 0.2) is 0 Å². The van der Waals surface area contributed by atoms with Gasteiger partial charge < -0.3 is 5.73 Å². The summed E-state index contributed by atoms with van der Waals surface area (Å²) in [6.07, 6.45) is -4.43. The largest absolute Gasteiger partial charge is 0.416 e. The topological polar surface area (TPSA) is 74.3 Å². The van der Waals surface area contributed by atoms with E-state index in [2.05, 4.69) is 10.5 Å². The van der Waals surface area contributed by atoms with Crippen LogP contribution in [-0.4, -0.2) is 11.7 Å². The fourth-order valence-electron chi connectivity index (χ4n) is 1.87. The van der Waals surface area contributed by atoms with Crippen molar-refractivity contribution in [3.05, 3.63) is 69.2 Å². The number of nitrogens with two attached hydrogens (primary N) is 1. The number of nitrogens with one attached hydrogen (secondary N) is 2. The van der Waals surface area contributed by atoms with Gasteiger partial charge in [0.25, 0.3) is 0 Å². The zero-order valence-corrected chi connectivity index (χ0v) is 13.5. The molecule has 0 fully saturated rings. The summed E-state index contributed by atoms with van der Waals surface area (Å²) in [6.45, 7) is 0. The molecule has 9 heteroatoms. The van der Waals surface area contributed by atoms with E-state index in [1.807, 2.05) is 0 Å². The van der Waals surface area contributed by atoms with Crippen molar-refractivity contribution in [2.45, 2.75) is 6.18 Å². The first-order valence-electron chi connectivity index (χ1n) is 6.49. The monoisotopic (exact) mass is 374 g/mol. The second kappa shape index (κ2) is 7.11. The van der Waals surface area contributed by atoms with Crippen LogP contribution in [0.5, 0.6) is 0 Å². The summed E-state index contributed by atoms with van der Waals surface area (Å²) in [7, 11) is 0. The van der Waals surface area contributed by atoms with Crippen molar-refractivity contribution in [2.24, 2.45) is 10.8 Å². The molecule has 0 atom stereocenters. The zero-order chi connectivity index (χ0) is 17.9. The summed E-state index contributed by atoms with van der Waals surface area (Å²) < 4.78 is 38.0. The number of hydrogen-bond acceptors (Lipinski definition) is 2. The molecular formula is C15H11Cl2F3N4. The van der Waals surface area contributed by atoms with Crippen molar-refractivity contribution >= 4 is 34.9 Å². The van der Waals surface area contributed by atoms with Crippen LogP contribution in [0.15, 0.2) is 47.6 Å². The van der Waals surface area contributed by atoms with E-state index in [1.54, 1.807) is 6.07 Å². The molecule has 2 rings (SSSR count). The second-order valence-electron chi connectivity index (χ2n) is 4.69. The lowest BCUT2D eigenvalue weighted by Crippen LogP contribution is -2.27. The Hall–Kier alpha value is -2.25. The van der Waals surface area contributed by atoms with Crippen LogP contribution in [0.25, 0.3) is 0 Å². The van der Waals surface area contributed by atoms with Gasteiger partial charge in [0.2, 0.25) is 5.96 Å². The van der Waals surface area contributed by atoms with Gasteiger partial charge >= 0.3 is 6.18 Å². The van der Waals surface area contributed by atoms with Gasteiger partial charge in [-0.05, 0) is 24.3 Å². The van der Waals surface area contributed by atoms with E-state index in [1.165, 1.54) is 24.3 Å². The molecular weight excluding hydrogens is 364 g/mol. The highest BCUT2D eigenvalue weighted by Gasteiger charge is 2.30. The number of benzene rings is 2. The van der Waals surface area contributed by atoms with Crippen LogP contribution in [0.4, 0.5) is 13.2 Å². The van der Waals surface area contributed by atoms with Gasteiger partial charge in [-0.3, -0.25) is 5.41 Å². The van der Waals surface area contributed by atoms with Gasteiger partial charge in [0, 0.05) is 11.1 Å². The van der Waals surface area contributed by atoms with Gasteiger partial charge in [-0.15, -0.1) is 0 Å². The highest BCUT2D eigenvalue weighted by molar-refractivity contribution is 6.42. The molecule has 0 aliphatic carbocycles. The molecule has 0 radical (unpaired) electrons. The first-order valence-corrected chi connectivity index (χ1v) is 7.25. The van der Waals surface area contributed by atoms with E-state index in [-0.39, 0.29) is 10.7 Å². The quantitative estimate of drug-likeness (QED) is 0.426. The summed E-state index contributed by atoms with van der Waals surface area (Å²) in [5.41, 5.74) is 7.84. The maximum atomic E-state index is 12.7. The van der Waals surface area contributed by atoms with Crippen LogP contribution in [0.3, 0.4) is 0 Å². The SMILES string of the molecule is N=C(N)NN=C(c1ccc(C(F)(F)F)cc1)c1ccc(Cl)c(Cl)c1. The molecule has 0 unspecified atom stereocenters. The van der Waals surface area contributed by atoms with Crippen molar-refractivity contribution in [2.75, 3.05) is 0 Å². The van der Waals surface area contributed by atoms with Crippen molar-refractivity contribution in [1.82, 2.24) is 5.43 Å². The molecule has 2 aromatic rings. The molecule has 0 spiro atoms. The predicted molar refractivity (Wildman–Crippen MR) is 88.6 cm³/mol. The maximum Gasteiger partial charge on any atom is 0.416 e. The maximum absolute atomic E-state index is 12.7. The minimum atomic E-state index is -4.43. The Morgan fingerprint density at radius 3 is 2.08 bits per heavy atom. The molecule has 0 aliphatic rings. The van der Waals surface area contributed by atoms with Gasteiger partial charge in [0.1, 0.15) is 0 Å². The summed E-state index contributed by atoms with van der Waals surface area (Å²) in [5, 5.41) is 11.7. The molecule has 0 bridgehead atoms. The molecule has 0 amide bonds. The lowest BCUT2D eigenvalue weighted by atomic mass is 10.0. The summed E-state index contributed by atoms with van der Waals surface area (Å²) in [6, 6.07) is 9.07. The third-order valence-electron chi connectivity index (χ3n) is 2.97. The van der Waals surface area contributed by atoms with Crippen molar-refractivity contribution in [3.63, 3.8) is 0 Å². The normalized spacial score (nSPS) is 12.1. The van der Waals surface area contributed by atoms with Gasteiger partial charge in [-0.1, -0.05) is 41.4 Å². The van der Waals surface area contributed by atoms with E-state index >= 15 is 0 Å². The van der Waals surface area contributed by atoms with E-state index in [4.69, 9.17) is 34.3 Å². The molecule has 0 saturated carbocycles. The van der Waals surface area contributed by atoms with Crippen LogP contribution in [0, 0.1) is 5.41 Å². The van der Waals surface area contributed by atoms with Crippen LogP contribution < -0.4 is 11.2 Å². The third kappa shape index (κ3) is 4.39. The molecule has 4 N–H and O–H groups in total. The Bertz CT molecular complexity index is 786. The second-order valence-corrected chi connectivity index (χ2v) is 5.50. The van der Waals surface area contributed by atoms with Gasteiger partial charge in [-0.25, -0.2) is 5.43 Å². The molecule has 2 aromatic carbocycles. The van der Waals surface area contributed by atoms with Gasteiger partial charge in [-0.2, -0.15) is 18.3 Å². The van der Waals surface area contributed by atoms with Crippen molar-refractivity contribution in [1.29, 1.82) is 5.41 Å². The van der Waals surface area contributed by atoms with E-state index in [0.29, 0.717) is 16.1 Å². The predicted octanol–water partition coefficient (Wildman–Crippen LogP) is 4.25. The molecule has 126 valence electrons. The van der Waals surface area contributed by atoms with E-state index in [9.17, 15) is 13.2 Å². The fourth-order valence-corrected chi connectivity index (χ4v) is 2.17. The smallest absolute Gasteiger partial charge is 0.369 e. The molecule has 4 nitrogen and oxygen atoms in total. The number of hydrogen-bond donors (Lipinski definition) is 3. The summed E-state index contributed by atoms with van der Waals surface area (Å²) in [4.78, 5) is 0. The number of nitrogens with zero attached hydrogens (tertiary/aromatic N) is 1. The fraction of sp³-hybridized carbons (Fsp3) is 0.0667. The molecule has 0 heterocycles. The standard InChI is InChI=1S/C15H11Cl2F3N4/c16-11-6-3-9(7-12(11)17)13(23-24-14(21)22)8-1-4-10(5-2-8)15(18,19)20/h1-7H,(H4,21,22,24). The number of guanidine groups is 1. The number of halogens is 5. The molecule has 0 saturated heterocycles. The summed E-state index contributed by atoms with van der Waals surface area (Å²) >= 11 is 11.8.